The third-order valence-corrected chi connectivity index (χ3v) is 5.38. The van der Waals surface area contributed by atoms with Crippen molar-refractivity contribution in [2.24, 2.45) is 0 Å². The molecular formula is C18H20ClN3O2S. The lowest BCUT2D eigenvalue weighted by atomic mass is 10.2. The Balaban J connectivity index is 1.84. The summed E-state index contributed by atoms with van der Waals surface area (Å²) in [5, 5.41) is 0.633. The molecule has 1 aromatic heterocycles. The smallest absolute Gasteiger partial charge is 0.420 e. The molecule has 0 unspecified atom stereocenters. The number of hydrogen-bond donors (Lipinski definition) is 0. The van der Waals surface area contributed by atoms with Crippen LogP contribution in [0.15, 0.2) is 46.3 Å². The SMILES string of the molecule is CCN(CC)CCOC(=O)N1c2ccc(Cl)cc2Sc2cccnc21. The number of aromatic nitrogens is 1. The largest absolute Gasteiger partial charge is 0.448 e. The Morgan fingerprint density at radius 3 is 2.84 bits per heavy atom. The van der Waals surface area contributed by atoms with Gasteiger partial charge in [0, 0.05) is 22.7 Å². The number of carbonyl (C=O) groups is 1. The molecule has 0 saturated heterocycles. The zero-order chi connectivity index (χ0) is 17.8. The van der Waals surface area contributed by atoms with Crippen LogP contribution < -0.4 is 4.90 Å². The Hall–Kier alpha value is -1.76. The number of amides is 1. The molecule has 2 aromatic rings. The fourth-order valence-electron chi connectivity index (χ4n) is 2.67. The Morgan fingerprint density at radius 2 is 2.08 bits per heavy atom. The molecule has 1 aliphatic heterocycles. The Bertz CT molecular complexity index is 768. The predicted octanol–water partition coefficient (Wildman–Crippen LogP) is 4.82. The number of ether oxygens (including phenoxy) is 1. The summed E-state index contributed by atoms with van der Waals surface area (Å²) < 4.78 is 5.52. The van der Waals surface area contributed by atoms with Crippen molar-refractivity contribution in [2.75, 3.05) is 31.1 Å². The highest BCUT2D eigenvalue weighted by molar-refractivity contribution is 7.99. The number of hydrogen-bond acceptors (Lipinski definition) is 5. The second-order valence-corrected chi connectivity index (χ2v) is 7.04. The van der Waals surface area contributed by atoms with Crippen LogP contribution in [0, 0.1) is 0 Å². The van der Waals surface area contributed by atoms with E-state index in [2.05, 4.69) is 23.7 Å². The molecule has 2 heterocycles. The van der Waals surface area contributed by atoms with E-state index in [0.29, 0.717) is 24.0 Å². The molecule has 132 valence electrons. The standard InChI is InChI=1S/C18H20ClN3O2S/c1-3-21(4-2)10-11-24-18(23)22-14-8-7-13(19)12-16(14)25-15-6-5-9-20-17(15)22/h5-9,12H,3-4,10-11H2,1-2H3. The van der Waals surface area contributed by atoms with E-state index >= 15 is 0 Å². The van der Waals surface area contributed by atoms with E-state index in [1.807, 2.05) is 24.3 Å². The van der Waals surface area contributed by atoms with Crippen LogP contribution in [0.2, 0.25) is 5.02 Å². The molecule has 0 aliphatic carbocycles. The monoisotopic (exact) mass is 377 g/mol. The number of pyridine rings is 1. The average Bonchev–Trinajstić information content (AvgIpc) is 2.63. The number of anilines is 2. The first-order valence-electron chi connectivity index (χ1n) is 8.25. The first kappa shape index (κ1) is 18.0. The second-order valence-electron chi connectivity index (χ2n) is 5.52. The molecular weight excluding hydrogens is 358 g/mol. The molecule has 0 saturated carbocycles. The molecule has 1 amide bonds. The number of halogens is 1. The van der Waals surface area contributed by atoms with E-state index in [-0.39, 0.29) is 0 Å². The summed E-state index contributed by atoms with van der Waals surface area (Å²) in [5.41, 5.74) is 0.744. The minimum absolute atomic E-state index is 0.343. The van der Waals surface area contributed by atoms with Gasteiger partial charge in [0.1, 0.15) is 6.61 Å². The Kier molecular flexibility index (Phi) is 5.83. The number of likely N-dealkylation sites (N-methyl/N-ethyl adjacent to an activating group) is 1. The zero-order valence-corrected chi connectivity index (χ0v) is 15.8. The summed E-state index contributed by atoms with van der Waals surface area (Å²) in [4.78, 5) is 22.7. The normalized spacial score (nSPS) is 12.7. The zero-order valence-electron chi connectivity index (χ0n) is 14.2. The molecule has 0 radical (unpaired) electrons. The maximum absolute atomic E-state index is 12.8. The number of fused-ring (bicyclic) bond motifs is 2. The van der Waals surface area contributed by atoms with Gasteiger partial charge in [-0.05, 0) is 43.4 Å². The van der Waals surface area contributed by atoms with Gasteiger partial charge in [0.15, 0.2) is 5.82 Å². The summed E-state index contributed by atoms with van der Waals surface area (Å²) >= 11 is 7.66. The maximum atomic E-state index is 12.8. The topological polar surface area (TPSA) is 45.7 Å². The molecule has 0 bridgehead atoms. The fourth-order valence-corrected chi connectivity index (χ4v) is 3.97. The van der Waals surface area contributed by atoms with Crippen molar-refractivity contribution in [3.05, 3.63) is 41.6 Å². The summed E-state index contributed by atoms with van der Waals surface area (Å²) in [7, 11) is 0. The molecule has 0 fully saturated rings. The van der Waals surface area contributed by atoms with Gasteiger partial charge in [0.2, 0.25) is 0 Å². The van der Waals surface area contributed by atoms with Crippen LogP contribution in [-0.2, 0) is 4.74 Å². The third-order valence-electron chi connectivity index (χ3n) is 4.06. The number of rotatable bonds is 5. The molecule has 1 aromatic carbocycles. The highest BCUT2D eigenvalue weighted by Gasteiger charge is 2.30. The highest BCUT2D eigenvalue weighted by atomic mass is 35.5. The van der Waals surface area contributed by atoms with Gasteiger partial charge in [-0.2, -0.15) is 0 Å². The van der Waals surface area contributed by atoms with Gasteiger partial charge >= 0.3 is 6.09 Å². The van der Waals surface area contributed by atoms with Gasteiger partial charge in [0.25, 0.3) is 0 Å². The maximum Gasteiger partial charge on any atom is 0.420 e. The minimum atomic E-state index is -0.420. The molecule has 5 nitrogen and oxygen atoms in total. The van der Waals surface area contributed by atoms with Gasteiger partial charge in [-0.25, -0.2) is 14.7 Å². The molecule has 1 aliphatic rings. The van der Waals surface area contributed by atoms with Crippen molar-refractivity contribution >= 4 is 41.0 Å². The average molecular weight is 378 g/mol. The van der Waals surface area contributed by atoms with Crippen molar-refractivity contribution < 1.29 is 9.53 Å². The van der Waals surface area contributed by atoms with Gasteiger partial charge < -0.3 is 9.64 Å². The summed E-state index contributed by atoms with van der Waals surface area (Å²) in [6.07, 6.45) is 1.26. The van der Waals surface area contributed by atoms with Crippen LogP contribution in [0.3, 0.4) is 0 Å². The quantitative estimate of drug-likeness (QED) is 0.747. The minimum Gasteiger partial charge on any atom is -0.448 e. The Morgan fingerprint density at radius 1 is 1.28 bits per heavy atom. The molecule has 7 heteroatoms. The van der Waals surface area contributed by atoms with Gasteiger partial charge in [-0.1, -0.05) is 37.2 Å². The van der Waals surface area contributed by atoms with Gasteiger partial charge in [0.05, 0.1) is 10.6 Å². The van der Waals surface area contributed by atoms with Crippen LogP contribution in [0.25, 0.3) is 0 Å². The van der Waals surface area contributed by atoms with Gasteiger partial charge in [-0.3, -0.25) is 0 Å². The van der Waals surface area contributed by atoms with E-state index in [4.69, 9.17) is 16.3 Å². The summed E-state index contributed by atoms with van der Waals surface area (Å²) in [6, 6.07) is 9.24. The third kappa shape index (κ3) is 3.92. The van der Waals surface area contributed by atoms with E-state index in [1.165, 1.54) is 4.90 Å². The van der Waals surface area contributed by atoms with Crippen molar-refractivity contribution in [1.29, 1.82) is 0 Å². The second kappa shape index (κ2) is 8.08. The van der Waals surface area contributed by atoms with Crippen molar-refractivity contribution in [3.8, 4) is 0 Å². The fraction of sp³-hybridized carbons (Fsp3) is 0.333. The van der Waals surface area contributed by atoms with Crippen LogP contribution in [-0.4, -0.2) is 42.2 Å². The summed E-state index contributed by atoms with van der Waals surface area (Å²) in [6.45, 7) is 7.10. The van der Waals surface area contributed by atoms with Crippen LogP contribution in [0.1, 0.15) is 13.8 Å². The lowest BCUT2D eigenvalue weighted by molar-refractivity contribution is 0.138. The number of carbonyl (C=O) groups excluding carboxylic acids is 1. The van der Waals surface area contributed by atoms with E-state index in [9.17, 15) is 4.79 Å². The van der Waals surface area contributed by atoms with Crippen molar-refractivity contribution in [2.45, 2.75) is 23.6 Å². The van der Waals surface area contributed by atoms with E-state index in [1.54, 1.807) is 24.0 Å². The van der Waals surface area contributed by atoms with E-state index in [0.717, 1.165) is 28.6 Å². The number of benzene rings is 1. The van der Waals surface area contributed by atoms with Gasteiger partial charge in [-0.15, -0.1) is 0 Å². The highest BCUT2D eigenvalue weighted by Crippen LogP contribution is 2.47. The molecule has 25 heavy (non-hydrogen) atoms. The van der Waals surface area contributed by atoms with Crippen LogP contribution in [0.4, 0.5) is 16.3 Å². The number of nitrogens with zero attached hydrogens (tertiary/aromatic N) is 3. The molecule has 0 atom stereocenters. The first-order chi connectivity index (χ1) is 12.1. The molecule has 0 spiro atoms. The van der Waals surface area contributed by atoms with Crippen molar-refractivity contribution in [3.63, 3.8) is 0 Å². The molecule has 3 rings (SSSR count). The summed E-state index contributed by atoms with van der Waals surface area (Å²) in [5.74, 6) is 0.593. The van der Waals surface area contributed by atoms with Crippen LogP contribution >= 0.6 is 23.4 Å². The van der Waals surface area contributed by atoms with Crippen LogP contribution in [0.5, 0.6) is 0 Å². The lowest BCUT2D eigenvalue weighted by Crippen LogP contribution is -2.33. The Labute approximate surface area is 156 Å². The van der Waals surface area contributed by atoms with Crippen molar-refractivity contribution in [1.82, 2.24) is 9.88 Å². The molecule has 0 N–H and O–H groups in total. The first-order valence-corrected chi connectivity index (χ1v) is 9.45. The predicted molar refractivity (Wildman–Crippen MR) is 101 cm³/mol. The lowest BCUT2D eigenvalue weighted by Gasteiger charge is -2.29. The van der Waals surface area contributed by atoms with E-state index < -0.39 is 6.09 Å².